The van der Waals surface area contributed by atoms with E-state index in [1.807, 2.05) is 97.1 Å². The summed E-state index contributed by atoms with van der Waals surface area (Å²) in [5.74, 6) is 1.19. The molecule has 0 radical (unpaired) electrons. The van der Waals surface area contributed by atoms with Crippen LogP contribution in [0.3, 0.4) is 0 Å². The Kier molecular flexibility index (Phi) is 6.25. The summed E-state index contributed by atoms with van der Waals surface area (Å²) >= 11 is 0. The molecule has 0 aliphatic carbocycles. The molecule has 0 saturated heterocycles. The number of amidine groups is 2. The Bertz CT molecular complexity index is 2200. The van der Waals surface area contributed by atoms with Gasteiger partial charge in [0.15, 0.2) is 0 Å². The van der Waals surface area contributed by atoms with Gasteiger partial charge in [-0.25, -0.2) is 0 Å². The summed E-state index contributed by atoms with van der Waals surface area (Å²) in [5, 5.41) is 3.67. The van der Waals surface area contributed by atoms with Crippen LogP contribution in [-0.4, -0.2) is 29.0 Å². The molecule has 6 aromatic rings. The summed E-state index contributed by atoms with van der Waals surface area (Å²) in [6.45, 7) is 0. The van der Waals surface area contributed by atoms with E-state index in [0.717, 1.165) is 43.8 Å². The minimum absolute atomic E-state index is 0. The molecule has 196 valence electrons. The van der Waals surface area contributed by atoms with E-state index < -0.39 is 12.3 Å². The number of halogens is 1. The Morgan fingerprint density at radius 2 is 0.786 bits per heavy atom. The molecule has 0 fully saturated rings. The van der Waals surface area contributed by atoms with Gasteiger partial charge in [-0.1, -0.05) is 97.1 Å². The molecule has 0 amide bonds. The molecule has 3 aliphatic heterocycles. The van der Waals surface area contributed by atoms with Crippen LogP contribution in [0.25, 0.3) is 21.5 Å². The number of aliphatic imine (C=N–C) groups is 2. The molecule has 10 heteroatoms. The van der Waals surface area contributed by atoms with Crippen LogP contribution in [0, 0.1) is 0 Å². The van der Waals surface area contributed by atoms with Gasteiger partial charge in [-0.2, -0.15) is 0 Å². The van der Waals surface area contributed by atoms with Crippen molar-refractivity contribution in [2.45, 2.75) is 12.3 Å². The van der Waals surface area contributed by atoms with Gasteiger partial charge >= 0.3 is 17.4 Å². The van der Waals surface area contributed by atoms with Crippen LogP contribution in [0.1, 0.15) is 34.6 Å². The van der Waals surface area contributed by atoms with E-state index in [1.165, 1.54) is 0 Å². The number of rotatable bonds is 0. The van der Waals surface area contributed by atoms with E-state index in [1.54, 1.807) is 0 Å². The van der Waals surface area contributed by atoms with Crippen molar-refractivity contribution in [2.24, 2.45) is 30.0 Å². The first-order chi connectivity index (χ1) is 19.8. The molecule has 3 aliphatic rings. The van der Waals surface area contributed by atoms with E-state index in [0.29, 0.717) is 33.6 Å². The molecule has 8 bridgehead atoms. The van der Waals surface area contributed by atoms with Crippen molar-refractivity contribution in [3.63, 3.8) is 0 Å². The zero-order valence-corrected chi connectivity index (χ0v) is 23.8. The number of aromatic nitrogens is 2. The second kappa shape index (κ2) is 10.00. The predicted octanol–water partition coefficient (Wildman–Crippen LogP) is -0.359. The van der Waals surface area contributed by atoms with Crippen molar-refractivity contribution in [3.05, 3.63) is 141 Å². The molecule has 0 spiro atoms. The topological polar surface area (TPSA) is 102 Å². The normalized spacial score (nSPS) is 17.7. The third-order valence-corrected chi connectivity index (χ3v) is 7.60. The Labute approximate surface area is 255 Å². The monoisotopic (exact) mass is 576 g/mol. The average Bonchev–Trinajstić information content (AvgIpc) is 3.73. The van der Waals surface area contributed by atoms with Gasteiger partial charge < -0.3 is 42.3 Å². The van der Waals surface area contributed by atoms with Gasteiger partial charge in [-0.15, -0.1) is 0 Å². The average molecular weight is 577 g/mol. The zero-order chi connectivity index (χ0) is 26.2. The SMILES string of the molecule is [Al+3].[Cl-].c1ccc2c(c1)C1=NC2N=c2[n-]c(c3ccccc23)=NC2=NC(N=c3[n-]c(c4ccccc34)=N1)c1ccccc12. The van der Waals surface area contributed by atoms with Gasteiger partial charge in [0.05, 0.1) is 11.7 Å². The fraction of sp³-hybridized carbons (Fsp3) is 0.0625. The summed E-state index contributed by atoms with van der Waals surface area (Å²) in [4.78, 5) is 39.7. The Balaban J connectivity index is 0.00000144. The molecule has 42 heavy (non-hydrogen) atoms. The molecule has 5 heterocycles. The molecular weight excluding hydrogens is 559 g/mol. The van der Waals surface area contributed by atoms with E-state index in [2.05, 4.69) is 0 Å². The molecular formula is C32H18AlClN8. The maximum atomic E-state index is 5.04. The van der Waals surface area contributed by atoms with Crippen LogP contribution in [0.4, 0.5) is 0 Å². The van der Waals surface area contributed by atoms with E-state index in [4.69, 9.17) is 39.9 Å². The van der Waals surface area contributed by atoms with Crippen molar-refractivity contribution in [1.29, 1.82) is 0 Å². The van der Waals surface area contributed by atoms with E-state index in [-0.39, 0.29) is 29.8 Å². The Hall–Kier alpha value is -4.68. The standard InChI is InChI=1S/C32H18N8.Al.ClH/c1-2-10-18-17(9-1)25-33-26(18)38-28-21-13-5-6-14-22(21)30(35-28)40-32-24-16-8-7-15-23(24)31(36-32)39-29-20-12-4-3-11-19(20)27(34-29)37-25;;/h1-16,25,32H;;1H/q-2;+3;/p-1. The Morgan fingerprint density at radius 3 is 1.21 bits per heavy atom. The van der Waals surface area contributed by atoms with Crippen LogP contribution in [0.15, 0.2) is 127 Å². The van der Waals surface area contributed by atoms with Crippen LogP contribution >= 0.6 is 0 Å². The zero-order valence-electron chi connectivity index (χ0n) is 21.9. The van der Waals surface area contributed by atoms with Gasteiger partial charge in [0.25, 0.3) is 0 Å². The van der Waals surface area contributed by atoms with Crippen LogP contribution < -0.4 is 44.3 Å². The molecule has 9 rings (SSSR count). The molecule has 2 aromatic heterocycles. The van der Waals surface area contributed by atoms with Crippen molar-refractivity contribution in [2.75, 3.05) is 0 Å². The summed E-state index contributed by atoms with van der Waals surface area (Å²) in [7, 11) is 0. The van der Waals surface area contributed by atoms with Gasteiger partial charge in [0.1, 0.15) is 12.3 Å². The number of benzene rings is 4. The molecule has 8 nitrogen and oxygen atoms in total. The van der Waals surface area contributed by atoms with Crippen molar-refractivity contribution < 1.29 is 12.4 Å². The quantitative estimate of drug-likeness (QED) is 0.231. The first-order valence-corrected chi connectivity index (χ1v) is 13.1. The first kappa shape index (κ1) is 26.2. The van der Waals surface area contributed by atoms with Crippen LogP contribution in [0.2, 0.25) is 0 Å². The fourth-order valence-electron chi connectivity index (χ4n) is 5.72. The minimum atomic E-state index is -0.478. The minimum Gasteiger partial charge on any atom is -1.00 e. The summed E-state index contributed by atoms with van der Waals surface area (Å²) in [6.07, 6.45) is -0.957. The molecule has 0 saturated carbocycles. The smallest absolute Gasteiger partial charge is 1.00 e. The number of hydrogen-bond acceptors (Lipinski definition) is 6. The number of hydrogen-bond donors (Lipinski definition) is 0. The summed E-state index contributed by atoms with van der Waals surface area (Å²) < 4.78 is 0. The third-order valence-electron chi connectivity index (χ3n) is 7.60. The first-order valence-electron chi connectivity index (χ1n) is 13.1. The van der Waals surface area contributed by atoms with Gasteiger partial charge in [-0.3, -0.25) is 9.98 Å². The van der Waals surface area contributed by atoms with E-state index in [9.17, 15) is 0 Å². The maximum absolute atomic E-state index is 5.04. The Morgan fingerprint density at radius 1 is 0.429 bits per heavy atom. The molecule has 2 unspecified atom stereocenters. The van der Waals surface area contributed by atoms with Crippen LogP contribution in [0.5, 0.6) is 0 Å². The number of fused-ring (bicyclic) bond motifs is 18. The summed E-state index contributed by atoms with van der Waals surface area (Å²) in [6, 6.07) is 32.2. The fourth-order valence-corrected chi connectivity index (χ4v) is 5.72. The summed E-state index contributed by atoms with van der Waals surface area (Å²) in [5.41, 5.74) is 6.18. The van der Waals surface area contributed by atoms with Gasteiger partial charge in [-0.05, 0) is 32.7 Å². The van der Waals surface area contributed by atoms with Crippen molar-refractivity contribution in [3.8, 4) is 0 Å². The second-order valence-electron chi connectivity index (χ2n) is 9.92. The third kappa shape index (κ3) is 3.90. The van der Waals surface area contributed by atoms with Gasteiger partial charge in [0, 0.05) is 33.1 Å². The van der Waals surface area contributed by atoms with Crippen molar-refractivity contribution >= 4 is 50.6 Å². The second-order valence-corrected chi connectivity index (χ2v) is 9.92. The largest absolute Gasteiger partial charge is 3.00 e. The molecule has 2 atom stereocenters. The number of nitrogens with zero attached hydrogens (tertiary/aromatic N) is 8. The molecule has 4 aromatic carbocycles. The molecule has 0 N–H and O–H groups in total. The van der Waals surface area contributed by atoms with Gasteiger partial charge in [0.2, 0.25) is 0 Å². The maximum Gasteiger partial charge on any atom is 3.00 e. The van der Waals surface area contributed by atoms with Crippen LogP contribution in [-0.2, 0) is 0 Å². The van der Waals surface area contributed by atoms with E-state index >= 15 is 0 Å². The van der Waals surface area contributed by atoms with Crippen molar-refractivity contribution in [1.82, 2.24) is 9.97 Å². The predicted molar refractivity (Wildman–Crippen MR) is 156 cm³/mol.